The van der Waals surface area contributed by atoms with Crippen LogP contribution >= 0.6 is 0 Å². The summed E-state index contributed by atoms with van der Waals surface area (Å²) in [6, 6.07) is 0. The van der Waals surface area contributed by atoms with Crippen LogP contribution in [0.2, 0.25) is 0 Å². The highest BCUT2D eigenvalue weighted by molar-refractivity contribution is 6.66. The van der Waals surface area contributed by atoms with E-state index in [1.165, 1.54) is 103 Å². The fourth-order valence-corrected chi connectivity index (χ4v) is 6.11. The lowest BCUT2D eigenvalue weighted by atomic mass is 10.0. The van der Waals surface area contributed by atoms with E-state index in [4.69, 9.17) is 13.3 Å². The molecule has 0 aromatic heterocycles. The maximum Gasteiger partial charge on any atom is 0.529 e. The molecule has 0 radical (unpaired) electrons. The van der Waals surface area contributed by atoms with Crippen molar-refractivity contribution >= 4 is 8.80 Å². The van der Waals surface area contributed by atoms with Gasteiger partial charge in [0.25, 0.3) is 0 Å². The van der Waals surface area contributed by atoms with Gasteiger partial charge in [0, 0.05) is 19.8 Å². The minimum Gasteiger partial charge on any atom is -0.371 e. The lowest BCUT2D eigenvalue weighted by Crippen LogP contribution is -2.44. The van der Waals surface area contributed by atoms with Crippen LogP contribution in [0.1, 0.15) is 137 Å². The zero-order valence-electron chi connectivity index (χ0n) is 21.0. The second kappa shape index (κ2) is 23.5. The summed E-state index contributed by atoms with van der Waals surface area (Å²) in [5.41, 5.74) is 2.09. The predicted octanol–water partition coefficient (Wildman–Crippen LogP) is 8.78. The molecule has 0 heterocycles. The first kappa shape index (κ1) is 29.8. The molecule has 3 nitrogen and oxygen atoms in total. The first-order chi connectivity index (χ1) is 14.7. The molecule has 0 bridgehead atoms. The summed E-state index contributed by atoms with van der Waals surface area (Å²) in [6.45, 7) is 10.2. The van der Waals surface area contributed by atoms with Gasteiger partial charge in [-0.15, -0.1) is 0 Å². The van der Waals surface area contributed by atoms with Gasteiger partial charge in [-0.1, -0.05) is 109 Å². The summed E-state index contributed by atoms with van der Waals surface area (Å²) in [4.78, 5) is 0. The maximum absolute atomic E-state index is 5.85. The molecule has 0 aliphatic heterocycles. The Morgan fingerprint density at radius 1 is 0.467 bits per heavy atom. The third kappa shape index (κ3) is 18.6. The molecule has 0 amide bonds. The zero-order valence-corrected chi connectivity index (χ0v) is 22.0. The normalized spacial score (nSPS) is 12.3. The molecule has 0 fully saturated rings. The minimum absolute atomic E-state index is 0.635. The van der Waals surface area contributed by atoms with Gasteiger partial charge in [-0.2, -0.15) is 0 Å². The van der Waals surface area contributed by atoms with Crippen LogP contribution in [0.5, 0.6) is 0 Å². The van der Waals surface area contributed by atoms with Crippen molar-refractivity contribution < 1.29 is 13.3 Å². The number of rotatable bonds is 24. The van der Waals surface area contributed by atoms with Crippen molar-refractivity contribution in [2.24, 2.45) is 0 Å². The smallest absolute Gasteiger partial charge is 0.371 e. The second-order valence-electron chi connectivity index (χ2n) is 8.40. The van der Waals surface area contributed by atoms with Gasteiger partial charge in [0.2, 0.25) is 0 Å². The molecule has 0 saturated carbocycles. The molecule has 0 saturated heterocycles. The number of hydrogen-bond acceptors (Lipinski definition) is 3. The number of unbranched alkanes of at least 4 members (excludes halogenated alkanes) is 16. The molecule has 0 atom stereocenters. The zero-order chi connectivity index (χ0) is 22.2. The van der Waals surface area contributed by atoms with Crippen LogP contribution in [0.15, 0.2) is 11.8 Å². The van der Waals surface area contributed by atoms with E-state index >= 15 is 0 Å². The Kier molecular flexibility index (Phi) is 23.4. The molecule has 0 aliphatic rings. The van der Waals surface area contributed by atoms with E-state index in [9.17, 15) is 0 Å². The van der Waals surface area contributed by atoms with Gasteiger partial charge in [0.05, 0.1) is 0 Å². The molecule has 30 heavy (non-hydrogen) atoms. The Labute approximate surface area is 190 Å². The number of allylic oxidation sites excluding steroid dienone is 1. The Morgan fingerprint density at radius 2 is 0.800 bits per heavy atom. The molecule has 0 rings (SSSR count). The van der Waals surface area contributed by atoms with Crippen LogP contribution < -0.4 is 0 Å². The highest BCUT2D eigenvalue weighted by atomic mass is 28.4. The largest absolute Gasteiger partial charge is 0.529 e. The van der Waals surface area contributed by atoms with Crippen molar-refractivity contribution in [1.29, 1.82) is 0 Å². The van der Waals surface area contributed by atoms with E-state index < -0.39 is 8.80 Å². The van der Waals surface area contributed by atoms with E-state index in [-0.39, 0.29) is 0 Å². The van der Waals surface area contributed by atoms with Gasteiger partial charge in [-0.3, -0.25) is 0 Å². The Balaban J connectivity index is 3.51. The topological polar surface area (TPSA) is 27.7 Å². The van der Waals surface area contributed by atoms with E-state index in [1.807, 2.05) is 20.8 Å². The standard InChI is InChI=1S/C26H54O3Si/c1-5-9-10-11-12-13-14-15-16-17-18-19-20-21-22-23-24-25-26-30(27-6-2,28-7-3)29-8-4/h25-26H,5-24H2,1-4H3/b26-25+. The van der Waals surface area contributed by atoms with Crippen LogP contribution in [0, 0.1) is 0 Å². The molecule has 0 aromatic carbocycles. The van der Waals surface area contributed by atoms with Crippen molar-refractivity contribution in [2.45, 2.75) is 137 Å². The highest BCUT2D eigenvalue weighted by Crippen LogP contribution is 2.15. The summed E-state index contributed by atoms with van der Waals surface area (Å²) in [6.07, 6.45) is 25.9. The summed E-state index contributed by atoms with van der Waals surface area (Å²) in [7, 11) is -2.59. The summed E-state index contributed by atoms with van der Waals surface area (Å²) in [5, 5.41) is 0. The quantitative estimate of drug-likeness (QED) is 0.110. The van der Waals surface area contributed by atoms with Crippen molar-refractivity contribution in [3.8, 4) is 0 Å². The van der Waals surface area contributed by atoms with Gasteiger partial charge in [0.15, 0.2) is 0 Å². The second-order valence-corrected chi connectivity index (χ2v) is 10.8. The monoisotopic (exact) mass is 442 g/mol. The molecular formula is C26H54O3Si. The van der Waals surface area contributed by atoms with Crippen molar-refractivity contribution in [1.82, 2.24) is 0 Å². The van der Waals surface area contributed by atoms with Gasteiger partial charge in [-0.05, 0) is 39.3 Å². The van der Waals surface area contributed by atoms with Crippen LogP contribution in [0.3, 0.4) is 0 Å². The minimum atomic E-state index is -2.59. The average Bonchev–Trinajstić information content (AvgIpc) is 2.73. The molecule has 180 valence electrons. The van der Waals surface area contributed by atoms with E-state index in [0.717, 1.165) is 6.42 Å². The third-order valence-corrected chi connectivity index (χ3v) is 8.30. The van der Waals surface area contributed by atoms with Crippen LogP contribution in [0.25, 0.3) is 0 Å². The number of hydrogen-bond donors (Lipinski definition) is 0. The Bertz CT molecular complexity index is 343. The third-order valence-electron chi connectivity index (χ3n) is 5.58. The van der Waals surface area contributed by atoms with Crippen molar-refractivity contribution in [2.75, 3.05) is 19.8 Å². The van der Waals surface area contributed by atoms with Gasteiger partial charge >= 0.3 is 8.80 Å². The van der Waals surface area contributed by atoms with Crippen molar-refractivity contribution in [3.05, 3.63) is 11.8 Å². The van der Waals surface area contributed by atoms with E-state index in [0.29, 0.717) is 19.8 Å². The first-order valence-electron chi connectivity index (χ1n) is 13.3. The SMILES string of the molecule is CCCCCCCCCCCCCCCCCC/C=C/[Si](OCC)(OCC)OCC. The Morgan fingerprint density at radius 3 is 1.13 bits per heavy atom. The Hall–Kier alpha value is -0.163. The fourth-order valence-electron chi connectivity index (χ4n) is 3.91. The highest BCUT2D eigenvalue weighted by Gasteiger charge is 2.37. The summed E-state index contributed by atoms with van der Waals surface area (Å²) < 4.78 is 17.6. The van der Waals surface area contributed by atoms with E-state index in [2.05, 4.69) is 18.7 Å². The van der Waals surface area contributed by atoms with Crippen LogP contribution in [-0.2, 0) is 13.3 Å². The molecule has 0 unspecified atom stereocenters. The predicted molar refractivity (Wildman–Crippen MR) is 134 cm³/mol. The molecule has 0 spiro atoms. The first-order valence-corrected chi connectivity index (χ1v) is 15.1. The molecule has 0 N–H and O–H groups in total. The van der Waals surface area contributed by atoms with Gasteiger partial charge in [-0.25, -0.2) is 0 Å². The summed E-state index contributed by atoms with van der Waals surface area (Å²) >= 11 is 0. The fraction of sp³-hybridized carbons (Fsp3) is 0.923. The van der Waals surface area contributed by atoms with Gasteiger partial charge < -0.3 is 13.3 Å². The van der Waals surface area contributed by atoms with Gasteiger partial charge in [0.1, 0.15) is 0 Å². The van der Waals surface area contributed by atoms with Crippen molar-refractivity contribution in [3.63, 3.8) is 0 Å². The lowest BCUT2D eigenvalue weighted by molar-refractivity contribution is 0.0842. The maximum atomic E-state index is 5.85. The van der Waals surface area contributed by atoms with E-state index in [1.54, 1.807) is 0 Å². The average molecular weight is 443 g/mol. The summed E-state index contributed by atoms with van der Waals surface area (Å²) in [5.74, 6) is 0. The van der Waals surface area contributed by atoms with Crippen LogP contribution in [-0.4, -0.2) is 28.6 Å². The molecule has 0 aliphatic carbocycles. The molecule has 4 heteroatoms. The lowest BCUT2D eigenvalue weighted by Gasteiger charge is -2.25. The molecule has 0 aromatic rings. The van der Waals surface area contributed by atoms with Crippen LogP contribution in [0.4, 0.5) is 0 Å². The molecular weight excluding hydrogens is 388 g/mol.